The van der Waals surface area contributed by atoms with Crippen LogP contribution in [0.15, 0.2) is 83.5 Å². The summed E-state index contributed by atoms with van der Waals surface area (Å²) in [6, 6.07) is 21.0. The largest absolute Gasteiger partial charge is 0.465 e. The summed E-state index contributed by atoms with van der Waals surface area (Å²) < 4.78 is 5.32. The number of hydrogen-bond acceptors (Lipinski definition) is 6. The Morgan fingerprint density at radius 3 is 2.38 bits per heavy atom. The van der Waals surface area contributed by atoms with E-state index in [1.807, 2.05) is 72.8 Å². The fourth-order valence-corrected chi connectivity index (χ4v) is 4.70. The molecule has 42 heavy (non-hydrogen) atoms. The highest BCUT2D eigenvalue weighted by Crippen LogP contribution is 2.20. The number of amides is 4. The van der Waals surface area contributed by atoms with Crippen molar-refractivity contribution in [1.82, 2.24) is 20.5 Å². The summed E-state index contributed by atoms with van der Waals surface area (Å²) in [6.07, 6.45) is 0.808. The maximum absolute atomic E-state index is 13.4. The lowest BCUT2D eigenvalue weighted by molar-refractivity contribution is 0.0767. The second-order valence-corrected chi connectivity index (χ2v) is 10.3. The molecule has 4 amide bonds. The Bertz CT molecular complexity index is 1540. The average Bonchev–Trinajstić information content (AvgIpc) is 3.48. The molecule has 0 spiro atoms. The van der Waals surface area contributed by atoms with Crippen LogP contribution in [-0.2, 0) is 13.0 Å². The van der Waals surface area contributed by atoms with Gasteiger partial charge in [0.2, 0.25) is 5.78 Å². The standard InChI is InChI=1S/C32H34N4O6/c1-21(2)18-27(36(32(40)41)31(39)33-17-9-12-22-10-4-3-5-11-22)28(37)30-35-26(20-42-30)29(38)34-19-24-15-8-14-23-13-6-7-16-25(23)24/h3-8,10-11,13-16,20-21,27H,9,12,17-19H2,1-2H3,(H,33,39)(H,34,38)(H,40,41). The van der Waals surface area contributed by atoms with Gasteiger partial charge < -0.3 is 20.2 Å². The number of carbonyl (C=O) groups excluding carboxylic acids is 3. The number of nitrogens with one attached hydrogen (secondary N) is 2. The Kier molecular flexibility index (Phi) is 10.0. The van der Waals surface area contributed by atoms with Crippen molar-refractivity contribution in [3.05, 3.63) is 102 Å². The van der Waals surface area contributed by atoms with Crippen LogP contribution in [0.5, 0.6) is 0 Å². The minimum atomic E-state index is -1.57. The van der Waals surface area contributed by atoms with Gasteiger partial charge in [0.15, 0.2) is 5.69 Å². The summed E-state index contributed by atoms with van der Waals surface area (Å²) >= 11 is 0. The van der Waals surface area contributed by atoms with Crippen LogP contribution in [0.2, 0.25) is 0 Å². The van der Waals surface area contributed by atoms with Gasteiger partial charge in [-0.1, -0.05) is 86.6 Å². The van der Waals surface area contributed by atoms with E-state index in [2.05, 4.69) is 15.6 Å². The molecular formula is C32H34N4O6. The van der Waals surface area contributed by atoms with E-state index in [-0.39, 0.29) is 31.1 Å². The lowest BCUT2D eigenvalue weighted by Gasteiger charge is -2.27. The van der Waals surface area contributed by atoms with Crippen LogP contribution < -0.4 is 10.6 Å². The number of benzene rings is 3. The van der Waals surface area contributed by atoms with Gasteiger partial charge in [-0.25, -0.2) is 19.5 Å². The number of imide groups is 1. The number of fused-ring (bicyclic) bond motifs is 1. The number of aryl methyl sites for hydroxylation is 1. The predicted octanol–water partition coefficient (Wildman–Crippen LogP) is 5.68. The molecule has 0 aliphatic heterocycles. The molecule has 0 saturated carbocycles. The van der Waals surface area contributed by atoms with Crippen molar-refractivity contribution in [3.63, 3.8) is 0 Å². The highest BCUT2D eigenvalue weighted by Gasteiger charge is 2.38. The van der Waals surface area contributed by atoms with Gasteiger partial charge >= 0.3 is 12.1 Å². The summed E-state index contributed by atoms with van der Waals surface area (Å²) in [4.78, 5) is 55.9. The van der Waals surface area contributed by atoms with Crippen molar-refractivity contribution in [2.45, 2.75) is 45.7 Å². The van der Waals surface area contributed by atoms with Gasteiger partial charge in [-0.05, 0) is 47.1 Å². The van der Waals surface area contributed by atoms with E-state index in [1.54, 1.807) is 13.8 Å². The summed E-state index contributed by atoms with van der Waals surface area (Å²) in [5.74, 6) is -1.94. The maximum atomic E-state index is 13.4. The molecule has 3 aromatic carbocycles. The number of ketones is 1. The fraction of sp³-hybridized carbons (Fsp3) is 0.281. The Morgan fingerprint density at radius 1 is 0.929 bits per heavy atom. The second kappa shape index (κ2) is 14.1. The Labute approximate surface area is 243 Å². The normalized spacial score (nSPS) is 11.7. The zero-order valence-electron chi connectivity index (χ0n) is 23.6. The van der Waals surface area contributed by atoms with Crippen LogP contribution in [0.25, 0.3) is 10.8 Å². The van der Waals surface area contributed by atoms with E-state index in [0.29, 0.717) is 17.7 Å². The van der Waals surface area contributed by atoms with Crippen molar-refractivity contribution in [3.8, 4) is 0 Å². The van der Waals surface area contributed by atoms with Crippen molar-refractivity contribution >= 4 is 34.6 Å². The molecule has 0 aliphatic rings. The van der Waals surface area contributed by atoms with Gasteiger partial charge in [-0.15, -0.1) is 0 Å². The molecule has 0 saturated heterocycles. The zero-order chi connectivity index (χ0) is 30.1. The highest BCUT2D eigenvalue weighted by molar-refractivity contribution is 6.03. The monoisotopic (exact) mass is 570 g/mol. The van der Waals surface area contributed by atoms with Crippen LogP contribution in [0.1, 0.15) is 59.0 Å². The van der Waals surface area contributed by atoms with Gasteiger partial charge in [-0.3, -0.25) is 9.59 Å². The third kappa shape index (κ3) is 7.60. The third-order valence-corrected chi connectivity index (χ3v) is 6.76. The molecule has 10 nitrogen and oxygen atoms in total. The molecule has 10 heteroatoms. The molecule has 1 heterocycles. The number of hydrogen-bond donors (Lipinski definition) is 3. The Balaban J connectivity index is 1.42. The minimum absolute atomic E-state index is 0.0492. The number of nitrogens with zero attached hydrogens (tertiary/aromatic N) is 2. The molecule has 4 rings (SSSR count). The Hall–Kier alpha value is -4.99. The smallest absolute Gasteiger partial charge is 0.416 e. The first-order valence-electron chi connectivity index (χ1n) is 13.8. The van der Waals surface area contributed by atoms with Crippen molar-refractivity contribution in [2.24, 2.45) is 5.92 Å². The first-order valence-corrected chi connectivity index (χ1v) is 13.8. The van der Waals surface area contributed by atoms with Gasteiger partial charge in [0.05, 0.1) is 0 Å². The second-order valence-electron chi connectivity index (χ2n) is 10.3. The number of oxazole rings is 1. The summed E-state index contributed by atoms with van der Waals surface area (Å²) in [6.45, 7) is 4.06. The fourth-order valence-electron chi connectivity index (χ4n) is 4.70. The van der Waals surface area contributed by atoms with E-state index in [4.69, 9.17) is 4.42 Å². The van der Waals surface area contributed by atoms with Crippen LogP contribution in [-0.4, -0.2) is 51.4 Å². The van der Waals surface area contributed by atoms with Crippen LogP contribution in [0, 0.1) is 5.92 Å². The average molecular weight is 571 g/mol. The molecule has 0 aliphatic carbocycles. The van der Waals surface area contributed by atoms with Gasteiger partial charge in [0, 0.05) is 13.1 Å². The van der Waals surface area contributed by atoms with Crippen molar-refractivity contribution < 1.29 is 28.7 Å². The molecule has 1 atom stereocenters. The molecule has 1 aromatic heterocycles. The topological polar surface area (TPSA) is 142 Å². The number of carboxylic acid groups (broad SMARTS) is 1. The number of carbonyl (C=O) groups is 4. The van der Waals surface area contributed by atoms with E-state index >= 15 is 0 Å². The summed E-state index contributed by atoms with van der Waals surface area (Å²) in [5, 5.41) is 17.3. The molecule has 3 N–H and O–H groups in total. The third-order valence-electron chi connectivity index (χ3n) is 6.76. The molecule has 4 aromatic rings. The highest BCUT2D eigenvalue weighted by atomic mass is 16.4. The van der Waals surface area contributed by atoms with Crippen molar-refractivity contribution in [2.75, 3.05) is 6.54 Å². The SMILES string of the molecule is CC(C)CC(C(=O)c1nc(C(=O)NCc2cccc3ccccc23)co1)N(C(=O)O)C(=O)NCCCc1ccccc1. The summed E-state index contributed by atoms with van der Waals surface area (Å²) in [7, 11) is 0. The minimum Gasteiger partial charge on any atom is -0.465 e. The quantitative estimate of drug-likeness (QED) is 0.147. The lowest BCUT2D eigenvalue weighted by atomic mass is 9.99. The van der Waals surface area contributed by atoms with Crippen LogP contribution in [0.4, 0.5) is 9.59 Å². The van der Waals surface area contributed by atoms with E-state index in [9.17, 15) is 24.3 Å². The van der Waals surface area contributed by atoms with E-state index < -0.39 is 35.7 Å². The molecule has 0 fully saturated rings. The van der Waals surface area contributed by atoms with Crippen LogP contribution >= 0.6 is 0 Å². The predicted molar refractivity (Wildman–Crippen MR) is 157 cm³/mol. The lowest BCUT2D eigenvalue weighted by Crippen LogP contribution is -2.52. The van der Waals surface area contributed by atoms with E-state index in [0.717, 1.165) is 28.2 Å². The molecular weight excluding hydrogens is 536 g/mol. The van der Waals surface area contributed by atoms with Crippen molar-refractivity contribution in [1.29, 1.82) is 0 Å². The van der Waals surface area contributed by atoms with E-state index in [1.165, 1.54) is 0 Å². The van der Waals surface area contributed by atoms with Crippen LogP contribution in [0.3, 0.4) is 0 Å². The number of aromatic nitrogens is 1. The maximum Gasteiger partial charge on any atom is 0.416 e. The molecule has 0 bridgehead atoms. The van der Waals surface area contributed by atoms with Gasteiger partial charge in [0.25, 0.3) is 11.8 Å². The Morgan fingerprint density at radius 2 is 1.64 bits per heavy atom. The molecule has 218 valence electrons. The molecule has 1 unspecified atom stereocenters. The van der Waals surface area contributed by atoms with Gasteiger partial charge in [-0.2, -0.15) is 0 Å². The number of urea groups is 1. The number of Topliss-reactive ketones (excluding diaryl/α,β-unsaturated/α-hetero) is 1. The molecule has 0 radical (unpaired) electrons. The first-order chi connectivity index (χ1) is 20.2. The first kappa shape index (κ1) is 30.0. The summed E-state index contributed by atoms with van der Waals surface area (Å²) in [5.41, 5.74) is 1.87. The number of rotatable bonds is 12. The van der Waals surface area contributed by atoms with Gasteiger partial charge in [0.1, 0.15) is 12.3 Å². The zero-order valence-corrected chi connectivity index (χ0v) is 23.6.